The molecule has 11 atom stereocenters. The Morgan fingerprint density at radius 1 is 0.467 bits per heavy atom. The Kier molecular flexibility index (Phi) is 31.7. The van der Waals surface area contributed by atoms with E-state index in [1.165, 1.54) is 13.0 Å². The first-order chi connectivity index (χ1) is 40.3. The van der Waals surface area contributed by atoms with Gasteiger partial charge in [0.1, 0.15) is 25.4 Å². The smallest absolute Gasteiger partial charge is 0.463 e. The van der Waals surface area contributed by atoms with Gasteiger partial charge in [0, 0.05) is 88.3 Å². The third-order valence-corrected chi connectivity index (χ3v) is 12.9. The second-order valence-electron chi connectivity index (χ2n) is 17.3. The number of carbonyl (C=O) groups is 8. The molecular weight excluding hydrogens is 1580 g/mol. The van der Waals surface area contributed by atoms with E-state index in [4.69, 9.17) is 56.8 Å². The number of halogens is 20. The van der Waals surface area contributed by atoms with Crippen LogP contribution in [0.3, 0.4) is 0 Å². The lowest BCUT2D eigenvalue weighted by Crippen LogP contribution is -2.63. The van der Waals surface area contributed by atoms with Crippen molar-refractivity contribution in [2.24, 2.45) is 0 Å². The van der Waals surface area contributed by atoms with Crippen molar-refractivity contribution in [2.75, 3.05) is 26.4 Å². The van der Waals surface area contributed by atoms with Gasteiger partial charge in [0.05, 0.1) is 13.2 Å². The van der Waals surface area contributed by atoms with Gasteiger partial charge in [0.2, 0.25) is 0 Å². The molecule has 0 N–H and O–H groups in total. The molecule has 90 heavy (non-hydrogen) atoms. The summed E-state index contributed by atoms with van der Waals surface area (Å²) in [6, 6.07) is 0. The SMILES string of the molecule is C=CCO[C@@H]1OC(COC(C)=O)[C@@H](OC(C)=O)[C@H](OC(C)=O)C1OC(C)=O.CC(=O)OCC1O[C@@H](OCC(I)CC(F)(F)C(F)(F)OC(F)(F)C(F)(F)S(=O)(=O)F)C(OC(C)=O)[C@@H](OC(C)=O)[C@@H]1OC(C)=O.O=S(=O)(F)C(F)(F)C(F)(F)OC(F)(F)C(F)(F)I. The van der Waals surface area contributed by atoms with E-state index in [0.29, 0.717) is 0 Å². The van der Waals surface area contributed by atoms with Gasteiger partial charge in [0.25, 0.3) is 0 Å². The van der Waals surface area contributed by atoms with E-state index in [0.717, 1.165) is 71.1 Å². The van der Waals surface area contributed by atoms with Gasteiger partial charge in [0.15, 0.2) is 49.2 Å². The van der Waals surface area contributed by atoms with Crippen molar-refractivity contribution in [3.63, 3.8) is 0 Å². The predicted molar refractivity (Wildman–Crippen MR) is 264 cm³/mol. The highest BCUT2D eigenvalue weighted by molar-refractivity contribution is 14.1. The topological polar surface area (TPSA) is 334 Å². The lowest BCUT2D eigenvalue weighted by molar-refractivity contribution is -0.456. The van der Waals surface area contributed by atoms with E-state index in [-0.39, 0.29) is 13.2 Å². The van der Waals surface area contributed by atoms with E-state index in [1.807, 2.05) is 0 Å². The van der Waals surface area contributed by atoms with E-state index in [1.54, 1.807) is 4.74 Å². The van der Waals surface area contributed by atoms with Gasteiger partial charge in [-0.1, -0.05) is 36.4 Å². The number of rotatable bonds is 28. The predicted octanol–water partition coefficient (Wildman–Crippen LogP) is 6.39. The third kappa shape index (κ3) is 25.3. The minimum Gasteiger partial charge on any atom is -0.463 e. The van der Waals surface area contributed by atoms with Gasteiger partial charge in [-0.3, -0.25) is 38.4 Å². The molecule has 0 amide bonds. The fourth-order valence-corrected chi connectivity index (χ4v) is 7.84. The molecule has 2 fully saturated rings. The number of carbonyl (C=O) groups excluding carboxylic acids is 8. The molecule has 0 bridgehead atoms. The van der Waals surface area contributed by atoms with E-state index in [2.05, 4.69) is 11.3 Å². The summed E-state index contributed by atoms with van der Waals surface area (Å²) in [7, 11) is -15.0. The first-order valence-electron chi connectivity index (χ1n) is 23.3. The lowest BCUT2D eigenvalue weighted by atomic mass is 9.98. The van der Waals surface area contributed by atoms with Crippen LogP contribution in [0.4, 0.5) is 78.0 Å². The average molecular weight is 1630 g/mol. The highest BCUT2D eigenvalue weighted by Gasteiger charge is 2.76. The minimum atomic E-state index is -7.62. The van der Waals surface area contributed by atoms with Crippen molar-refractivity contribution < 1.29 is 200 Å². The van der Waals surface area contributed by atoms with Crippen molar-refractivity contribution >= 4 is 113 Å². The highest BCUT2D eigenvalue weighted by atomic mass is 127. The van der Waals surface area contributed by atoms with Gasteiger partial charge in [-0.2, -0.15) is 87.1 Å². The first kappa shape index (κ1) is 85.4. The van der Waals surface area contributed by atoms with Crippen molar-refractivity contribution in [2.45, 2.75) is 172 Å². The number of hydrogen-bond acceptors (Lipinski definition) is 26. The quantitative estimate of drug-likeness (QED) is 0.0156. The van der Waals surface area contributed by atoms with Gasteiger partial charge in [-0.05, 0) is 0 Å². The molecular formula is C42H48F18I2O26S2. The standard InChI is InChI=1S/C21H24F9IO13S.C17H24O10.C4F9IO3S/c1-8(32)38-7-13-14(40-9(2)33)15(41-10(3)34)16(42-11(4)35)17(43-13)39-6-12(31)5-18(22,23)19(24,25)44-20(26,27)21(28,29)45(30,36)37;1-6-7-22-17-16(26-12(5)21)15(25-11(4)20)14(24-10(3)19)13(27-17)8-23-9(2)18;5-1(6,14)2(7,8)17-3(9,10)4(11,12)18(13,15)16/h12-17H,5-7H2,1-4H3;6,13-17H,1,7-8H2,2-5H3;/t12?,13?,14-,15+,16?,17-;13?,14-,15+,16?,17-;/m11./s1. The van der Waals surface area contributed by atoms with Crippen LogP contribution in [0.15, 0.2) is 12.7 Å². The van der Waals surface area contributed by atoms with Crippen LogP contribution in [0, 0.1) is 0 Å². The van der Waals surface area contributed by atoms with Crippen molar-refractivity contribution in [3.05, 3.63) is 12.7 Å². The second-order valence-corrected chi connectivity index (χ2v) is 23.2. The molecule has 0 aromatic rings. The van der Waals surface area contributed by atoms with Crippen LogP contribution in [0.1, 0.15) is 61.8 Å². The zero-order valence-electron chi connectivity index (χ0n) is 46.2. The largest absolute Gasteiger partial charge is 0.464 e. The van der Waals surface area contributed by atoms with Crippen LogP contribution < -0.4 is 0 Å². The first-order valence-corrected chi connectivity index (χ1v) is 28.4. The third-order valence-electron chi connectivity index (χ3n) is 9.75. The molecule has 2 saturated heterocycles. The molecule has 5 unspecified atom stereocenters. The highest BCUT2D eigenvalue weighted by Crippen LogP contribution is 2.51. The average Bonchev–Trinajstić information content (AvgIpc) is 0.851. The van der Waals surface area contributed by atoms with E-state index < -0.39 is 221 Å². The summed E-state index contributed by atoms with van der Waals surface area (Å²) < 4.78 is 330. The Morgan fingerprint density at radius 2 is 0.756 bits per heavy atom. The molecule has 0 aliphatic carbocycles. The van der Waals surface area contributed by atoms with Crippen LogP contribution >= 0.6 is 45.2 Å². The number of ether oxygens (including phenoxy) is 14. The van der Waals surface area contributed by atoms with Crippen molar-refractivity contribution in [1.29, 1.82) is 0 Å². The maximum Gasteiger partial charge on any atom is 0.464 e. The molecule has 2 heterocycles. The Hall–Kier alpha value is -4.64. The Bertz CT molecular complexity index is 2750. The molecule has 0 aromatic carbocycles. The summed E-state index contributed by atoms with van der Waals surface area (Å²) >= 11 is 0.584. The molecule has 2 aliphatic heterocycles. The summed E-state index contributed by atoms with van der Waals surface area (Å²) in [4.78, 5) is 92.4. The van der Waals surface area contributed by atoms with Gasteiger partial charge in [-0.15, -0.1) is 6.58 Å². The number of esters is 8. The number of alkyl halides is 18. The van der Waals surface area contributed by atoms with Crippen LogP contribution in [-0.2, 0) is 125 Å². The van der Waals surface area contributed by atoms with E-state index in [9.17, 15) is 133 Å². The van der Waals surface area contributed by atoms with Crippen LogP contribution in [0.25, 0.3) is 0 Å². The zero-order valence-corrected chi connectivity index (χ0v) is 52.1. The summed E-state index contributed by atoms with van der Waals surface area (Å²) in [5.41, 5.74) is 0. The van der Waals surface area contributed by atoms with Gasteiger partial charge < -0.3 is 56.8 Å². The fourth-order valence-electron chi connectivity index (χ4n) is 6.32. The molecule has 48 heteroatoms. The summed E-state index contributed by atoms with van der Waals surface area (Å²) in [5.74, 6) is -12.5. The summed E-state index contributed by atoms with van der Waals surface area (Å²) in [6.07, 6.45) is -41.9. The van der Waals surface area contributed by atoms with Gasteiger partial charge in [-0.25, -0.2) is 9.47 Å². The van der Waals surface area contributed by atoms with E-state index >= 15 is 0 Å². The molecule has 2 aliphatic rings. The Labute approximate surface area is 521 Å². The molecule has 2 rings (SSSR count). The lowest BCUT2D eigenvalue weighted by Gasteiger charge is -2.44. The summed E-state index contributed by atoms with van der Waals surface area (Å²) in [5, 5.41) is -13.7. The molecule has 0 aromatic heterocycles. The van der Waals surface area contributed by atoms with Gasteiger partial charge >= 0.3 is 113 Å². The Balaban J connectivity index is 0.00000148. The fraction of sp³-hybridized carbons (Fsp3) is 0.762. The molecule has 0 saturated carbocycles. The second kappa shape index (κ2) is 33.5. The van der Waals surface area contributed by atoms with Crippen molar-refractivity contribution in [1.82, 2.24) is 0 Å². The summed E-state index contributed by atoms with van der Waals surface area (Å²) in [6.45, 7) is 9.60. The normalized spacial score (nSPS) is 23.3. The minimum absolute atomic E-state index is 0.0355. The van der Waals surface area contributed by atoms with Crippen LogP contribution in [-0.4, -0.2) is 201 Å². The monoisotopic (exact) mass is 1630 g/mol. The molecule has 26 nitrogen and oxygen atoms in total. The molecule has 524 valence electrons. The maximum atomic E-state index is 14.3. The maximum absolute atomic E-state index is 14.3. The molecule has 0 radical (unpaired) electrons. The number of hydrogen-bond donors (Lipinski definition) is 0. The molecule has 0 spiro atoms. The zero-order chi connectivity index (χ0) is 71.1. The van der Waals surface area contributed by atoms with Crippen LogP contribution in [0.2, 0.25) is 0 Å². The van der Waals surface area contributed by atoms with Crippen molar-refractivity contribution in [3.8, 4) is 0 Å². The van der Waals surface area contributed by atoms with Crippen LogP contribution in [0.5, 0.6) is 0 Å². The Morgan fingerprint density at radius 3 is 1.03 bits per heavy atom.